The van der Waals surface area contributed by atoms with E-state index < -0.39 is 0 Å². The van der Waals surface area contributed by atoms with Gasteiger partial charge in [0.2, 0.25) is 0 Å². The highest BCUT2D eigenvalue weighted by Crippen LogP contribution is 2.18. The first kappa shape index (κ1) is 17.6. The number of hydrogen-bond donors (Lipinski definition) is 1. The number of nitrogens with one attached hydrogen (secondary N) is 1. The fraction of sp³-hybridized carbons (Fsp3) is 0.211. The van der Waals surface area contributed by atoms with Crippen molar-refractivity contribution in [3.63, 3.8) is 0 Å². The third-order valence-electron chi connectivity index (χ3n) is 3.52. The smallest absolute Gasteiger partial charge is 0.345 e. The summed E-state index contributed by atoms with van der Waals surface area (Å²) in [6.07, 6.45) is 2.63. The number of hydrogen-bond acceptors (Lipinski definition) is 3. The number of amides is 2. The lowest BCUT2D eigenvalue weighted by Gasteiger charge is -2.15. The zero-order chi connectivity index (χ0) is 17.4. The van der Waals surface area contributed by atoms with Crippen LogP contribution in [0.2, 0.25) is 0 Å². The summed E-state index contributed by atoms with van der Waals surface area (Å²) in [6.45, 7) is 4.30. The summed E-state index contributed by atoms with van der Waals surface area (Å²) in [4.78, 5) is 16.6. The lowest BCUT2D eigenvalue weighted by Crippen LogP contribution is -2.30. The van der Waals surface area contributed by atoms with E-state index in [9.17, 15) is 4.79 Å². The third kappa shape index (κ3) is 5.14. The first-order valence-electron chi connectivity index (χ1n) is 7.65. The van der Waals surface area contributed by atoms with E-state index in [1.807, 2.05) is 30.3 Å². The van der Waals surface area contributed by atoms with E-state index in [0.29, 0.717) is 18.0 Å². The molecule has 0 aromatic heterocycles. The molecular weight excluding hydrogens is 304 g/mol. The van der Waals surface area contributed by atoms with Gasteiger partial charge in [-0.3, -0.25) is 4.84 Å². The van der Waals surface area contributed by atoms with E-state index in [-0.39, 0.29) is 6.03 Å². The Morgan fingerprint density at radius 3 is 2.67 bits per heavy atom. The Hall–Kier alpha value is -2.79. The van der Waals surface area contributed by atoms with Crippen molar-refractivity contribution in [1.82, 2.24) is 5.06 Å². The van der Waals surface area contributed by atoms with Crippen LogP contribution in [0.5, 0.6) is 5.75 Å². The summed E-state index contributed by atoms with van der Waals surface area (Å²) in [7, 11) is 2.97. The Morgan fingerprint density at radius 1 is 1.25 bits per heavy atom. The minimum Gasteiger partial charge on any atom is -0.493 e. The molecule has 0 spiro atoms. The number of carbonyl (C=O) groups is 1. The van der Waals surface area contributed by atoms with Gasteiger partial charge in [-0.1, -0.05) is 43.0 Å². The van der Waals surface area contributed by atoms with E-state index in [1.165, 1.54) is 19.7 Å². The molecule has 126 valence electrons. The molecule has 0 saturated heterocycles. The van der Waals surface area contributed by atoms with Gasteiger partial charge in [-0.15, -0.1) is 0 Å². The van der Waals surface area contributed by atoms with Crippen LogP contribution in [-0.4, -0.2) is 31.9 Å². The SMILES string of the molecule is C=Cc1ccc(CCOc2cccc(NC(=O)N(C)OC)c2)cc1. The van der Waals surface area contributed by atoms with E-state index in [0.717, 1.165) is 17.0 Å². The quantitative estimate of drug-likeness (QED) is 0.783. The molecular formula is C19H22N2O3. The molecule has 0 heterocycles. The van der Waals surface area contributed by atoms with Gasteiger partial charge in [0, 0.05) is 25.2 Å². The van der Waals surface area contributed by atoms with Crippen LogP contribution in [0.3, 0.4) is 0 Å². The second-order valence-corrected chi connectivity index (χ2v) is 5.18. The van der Waals surface area contributed by atoms with Gasteiger partial charge in [0.1, 0.15) is 5.75 Å². The van der Waals surface area contributed by atoms with Crippen LogP contribution in [0.15, 0.2) is 55.1 Å². The number of carbonyl (C=O) groups excluding carboxylic acids is 1. The fourth-order valence-corrected chi connectivity index (χ4v) is 2.06. The Bertz CT molecular complexity index is 683. The van der Waals surface area contributed by atoms with Gasteiger partial charge in [0.25, 0.3) is 0 Å². The van der Waals surface area contributed by atoms with Gasteiger partial charge >= 0.3 is 6.03 Å². The highest BCUT2D eigenvalue weighted by molar-refractivity contribution is 5.88. The number of rotatable bonds is 7. The molecule has 2 aromatic rings. The molecule has 0 atom stereocenters. The minimum atomic E-state index is -0.350. The predicted molar refractivity (Wildman–Crippen MR) is 96.0 cm³/mol. The van der Waals surface area contributed by atoms with Gasteiger partial charge in [-0.25, -0.2) is 9.86 Å². The molecule has 2 rings (SSSR count). The predicted octanol–water partition coefficient (Wildman–Crippen LogP) is 3.98. The Balaban J connectivity index is 1.87. The first-order chi connectivity index (χ1) is 11.6. The van der Waals surface area contributed by atoms with Gasteiger partial charge in [-0.05, 0) is 23.3 Å². The summed E-state index contributed by atoms with van der Waals surface area (Å²) >= 11 is 0. The fourth-order valence-electron chi connectivity index (χ4n) is 2.06. The zero-order valence-electron chi connectivity index (χ0n) is 14.0. The van der Waals surface area contributed by atoms with Crippen molar-refractivity contribution in [2.45, 2.75) is 6.42 Å². The second kappa shape index (κ2) is 8.74. The Kier molecular flexibility index (Phi) is 6.40. The summed E-state index contributed by atoms with van der Waals surface area (Å²) < 4.78 is 5.76. The standard InChI is InChI=1S/C19H22N2O3/c1-4-15-8-10-16(11-9-15)12-13-24-18-7-5-6-17(14-18)20-19(22)21(2)23-3/h4-11,14H,1,12-13H2,2-3H3,(H,20,22). The highest BCUT2D eigenvalue weighted by Gasteiger charge is 2.08. The average Bonchev–Trinajstić information content (AvgIpc) is 2.62. The molecule has 0 bridgehead atoms. The van der Waals surface area contributed by atoms with Crippen LogP contribution in [0.1, 0.15) is 11.1 Å². The molecule has 0 aliphatic rings. The second-order valence-electron chi connectivity index (χ2n) is 5.18. The van der Waals surface area contributed by atoms with Crippen LogP contribution in [0, 0.1) is 0 Å². The van der Waals surface area contributed by atoms with E-state index >= 15 is 0 Å². The molecule has 0 aliphatic carbocycles. The lowest BCUT2D eigenvalue weighted by molar-refractivity contribution is -0.0598. The highest BCUT2D eigenvalue weighted by atomic mass is 16.7. The van der Waals surface area contributed by atoms with Crippen molar-refractivity contribution in [2.75, 3.05) is 26.1 Å². The maximum atomic E-state index is 11.7. The number of urea groups is 1. The molecule has 1 N–H and O–H groups in total. The molecule has 0 saturated carbocycles. The number of benzene rings is 2. The maximum absolute atomic E-state index is 11.7. The molecule has 5 heteroatoms. The zero-order valence-corrected chi connectivity index (χ0v) is 14.0. The van der Waals surface area contributed by atoms with Crippen molar-refractivity contribution in [3.05, 3.63) is 66.2 Å². The van der Waals surface area contributed by atoms with E-state index in [1.54, 1.807) is 12.1 Å². The number of anilines is 1. The van der Waals surface area contributed by atoms with Crippen LogP contribution >= 0.6 is 0 Å². The maximum Gasteiger partial charge on any atom is 0.345 e. The lowest BCUT2D eigenvalue weighted by atomic mass is 10.1. The monoisotopic (exact) mass is 326 g/mol. The van der Waals surface area contributed by atoms with Crippen molar-refractivity contribution in [3.8, 4) is 5.75 Å². The number of ether oxygens (including phenoxy) is 1. The molecule has 2 aromatic carbocycles. The van der Waals surface area contributed by atoms with Crippen molar-refractivity contribution < 1.29 is 14.4 Å². The minimum absolute atomic E-state index is 0.350. The topological polar surface area (TPSA) is 50.8 Å². The summed E-state index contributed by atoms with van der Waals surface area (Å²) in [5.41, 5.74) is 2.95. The van der Waals surface area contributed by atoms with Crippen LogP contribution in [-0.2, 0) is 11.3 Å². The van der Waals surface area contributed by atoms with E-state index in [2.05, 4.69) is 24.0 Å². The summed E-state index contributed by atoms with van der Waals surface area (Å²) in [5.74, 6) is 0.704. The van der Waals surface area contributed by atoms with Crippen LogP contribution in [0.25, 0.3) is 6.08 Å². The Morgan fingerprint density at radius 2 is 2.00 bits per heavy atom. The van der Waals surface area contributed by atoms with Crippen molar-refractivity contribution >= 4 is 17.8 Å². The van der Waals surface area contributed by atoms with Crippen molar-refractivity contribution in [1.29, 1.82) is 0 Å². The molecule has 0 fully saturated rings. The molecule has 5 nitrogen and oxygen atoms in total. The Labute approximate surface area is 142 Å². The normalized spacial score (nSPS) is 10.1. The number of hydroxylamine groups is 2. The summed E-state index contributed by atoms with van der Waals surface area (Å²) in [5, 5.41) is 3.84. The molecule has 0 unspecified atom stereocenters. The molecule has 2 amide bonds. The average molecular weight is 326 g/mol. The van der Waals surface area contributed by atoms with Gasteiger partial charge < -0.3 is 10.1 Å². The molecule has 0 aliphatic heterocycles. The summed E-state index contributed by atoms with van der Waals surface area (Å²) in [6, 6.07) is 15.1. The van der Waals surface area contributed by atoms with Gasteiger partial charge in [0.15, 0.2) is 0 Å². The van der Waals surface area contributed by atoms with Crippen molar-refractivity contribution in [2.24, 2.45) is 0 Å². The first-order valence-corrected chi connectivity index (χ1v) is 7.65. The largest absolute Gasteiger partial charge is 0.493 e. The van der Waals surface area contributed by atoms with Gasteiger partial charge in [-0.2, -0.15) is 0 Å². The van der Waals surface area contributed by atoms with E-state index in [4.69, 9.17) is 9.57 Å². The number of nitrogens with zero attached hydrogens (tertiary/aromatic N) is 1. The molecule has 24 heavy (non-hydrogen) atoms. The third-order valence-corrected chi connectivity index (χ3v) is 3.52. The van der Waals surface area contributed by atoms with Crippen LogP contribution in [0.4, 0.5) is 10.5 Å². The van der Waals surface area contributed by atoms with Gasteiger partial charge in [0.05, 0.1) is 13.7 Å². The molecule has 0 radical (unpaired) electrons. The van der Waals surface area contributed by atoms with Crippen LogP contribution < -0.4 is 10.1 Å².